The van der Waals surface area contributed by atoms with E-state index in [9.17, 15) is 9.18 Å². The topological polar surface area (TPSA) is 91.8 Å². The number of rotatable bonds is 6. The second kappa shape index (κ2) is 11.2. The van der Waals surface area contributed by atoms with Crippen LogP contribution in [0.1, 0.15) is 28.9 Å². The van der Waals surface area contributed by atoms with Crippen LogP contribution in [0.15, 0.2) is 36.4 Å². The summed E-state index contributed by atoms with van der Waals surface area (Å²) in [5, 5.41) is 15.5. The fourth-order valence-electron chi connectivity index (χ4n) is 4.70. The van der Waals surface area contributed by atoms with Crippen molar-refractivity contribution in [2.75, 3.05) is 62.0 Å². The minimum absolute atomic E-state index is 0.00176. The van der Waals surface area contributed by atoms with E-state index in [-0.39, 0.29) is 17.0 Å². The fourth-order valence-corrected chi connectivity index (χ4v) is 5.39. The van der Waals surface area contributed by atoms with Gasteiger partial charge in [-0.25, -0.2) is 4.39 Å². The average molecular weight is 561 g/mol. The van der Waals surface area contributed by atoms with Gasteiger partial charge in [-0.2, -0.15) is 0 Å². The van der Waals surface area contributed by atoms with E-state index in [0.29, 0.717) is 78.6 Å². The molecule has 1 atom stereocenters. The molecule has 0 radical (unpaired) electrons. The molecular formula is C26H27Cl2FN6O3. The summed E-state index contributed by atoms with van der Waals surface area (Å²) in [6, 6.07) is 9.51. The van der Waals surface area contributed by atoms with Gasteiger partial charge in [-0.15, -0.1) is 10.2 Å². The lowest BCUT2D eigenvalue weighted by atomic mass is 10.0. The highest BCUT2D eigenvalue weighted by Gasteiger charge is 2.28. The zero-order chi connectivity index (χ0) is 26.8. The lowest BCUT2D eigenvalue weighted by molar-refractivity contribution is 0.0302. The zero-order valence-electron chi connectivity index (χ0n) is 20.9. The highest BCUT2D eigenvalue weighted by molar-refractivity contribution is 6.36. The second-order valence-electron chi connectivity index (χ2n) is 8.96. The normalized spacial score (nSPS) is 15.9. The SMILES string of the molecule is COc1cc(C(=O)N2CCOCC2)ccc1Nc1cc2c(nn1)NCCN2[C@H](C)c1c(Cl)ccc(F)c1Cl. The number of nitrogens with zero attached hydrogens (tertiary/aromatic N) is 4. The molecular weight excluding hydrogens is 534 g/mol. The number of morpholine rings is 1. The summed E-state index contributed by atoms with van der Waals surface area (Å²) in [7, 11) is 1.54. The molecule has 0 saturated carbocycles. The van der Waals surface area contributed by atoms with Gasteiger partial charge in [-0.3, -0.25) is 4.79 Å². The molecule has 200 valence electrons. The monoisotopic (exact) mass is 560 g/mol. The van der Waals surface area contributed by atoms with Crippen molar-refractivity contribution in [3.8, 4) is 5.75 Å². The van der Waals surface area contributed by atoms with Gasteiger partial charge in [0, 0.05) is 48.4 Å². The van der Waals surface area contributed by atoms with Crippen molar-refractivity contribution in [1.82, 2.24) is 15.1 Å². The Morgan fingerprint density at radius 3 is 2.71 bits per heavy atom. The third-order valence-corrected chi connectivity index (χ3v) is 7.42. The quantitative estimate of drug-likeness (QED) is 0.400. The Balaban J connectivity index is 1.41. The van der Waals surface area contributed by atoms with Crippen molar-refractivity contribution in [3.63, 3.8) is 0 Å². The number of anilines is 4. The second-order valence-corrected chi connectivity index (χ2v) is 9.75. The first-order valence-corrected chi connectivity index (χ1v) is 13.0. The van der Waals surface area contributed by atoms with Crippen LogP contribution >= 0.6 is 23.2 Å². The van der Waals surface area contributed by atoms with E-state index in [1.54, 1.807) is 30.2 Å². The van der Waals surface area contributed by atoms with E-state index in [1.807, 2.05) is 13.0 Å². The molecule has 2 aliphatic rings. The van der Waals surface area contributed by atoms with Gasteiger partial charge in [0.15, 0.2) is 11.6 Å². The van der Waals surface area contributed by atoms with E-state index >= 15 is 0 Å². The molecule has 2 N–H and O–H groups in total. The number of ether oxygens (including phenoxy) is 2. The van der Waals surface area contributed by atoms with Gasteiger partial charge in [0.1, 0.15) is 11.6 Å². The lowest BCUT2D eigenvalue weighted by Gasteiger charge is -2.36. The first-order chi connectivity index (χ1) is 18.4. The summed E-state index contributed by atoms with van der Waals surface area (Å²) in [5.41, 5.74) is 2.42. The van der Waals surface area contributed by atoms with Gasteiger partial charge in [0.25, 0.3) is 5.91 Å². The molecule has 1 amide bonds. The minimum Gasteiger partial charge on any atom is -0.495 e. The van der Waals surface area contributed by atoms with Crippen LogP contribution in [0.2, 0.25) is 10.0 Å². The minimum atomic E-state index is -0.522. The summed E-state index contributed by atoms with van der Waals surface area (Å²) < 4.78 is 25.2. The van der Waals surface area contributed by atoms with Crippen LogP contribution in [0.4, 0.5) is 27.4 Å². The molecule has 1 saturated heterocycles. The van der Waals surface area contributed by atoms with Gasteiger partial charge in [-0.1, -0.05) is 23.2 Å². The Bertz CT molecular complexity index is 1350. The van der Waals surface area contributed by atoms with E-state index in [0.717, 1.165) is 5.69 Å². The molecule has 0 aliphatic carbocycles. The maximum atomic E-state index is 14.2. The number of carbonyl (C=O) groups excluding carboxylic acids is 1. The molecule has 12 heteroatoms. The van der Waals surface area contributed by atoms with Crippen LogP contribution in [-0.2, 0) is 4.74 Å². The standard InChI is InChI=1S/C26H27Cl2FN6O3/c1-15(23-17(27)4-5-18(29)24(23)28)35-8-7-30-25-20(35)14-22(32-33-25)31-19-6-3-16(13-21(19)37-2)26(36)34-9-11-38-12-10-34/h3-6,13-15H,7-12H2,1-2H3,(H,30,33)(H,31,32)/t15-/m1/s1. The van der Waals surface area contributed by atoms with E-state index in [4.69, 9.17) is 32.7 Å². The van der Waals surface area contributed by atoms with Crippen LogP contribution < -0.4 is 20.3 Å². The third kappa shape index (κ3) is 5.16. The smallest absolute Gasteiger partial charge is 0.254 e. The van der Waals surface area contributed by atoms with Gasteiger partial charge in [0.2, 0.25) is 0 Å². The molecule has 3 heterocycles. The first kappa shape index (κ1) is 26.3. The highest BCUT2D eigenvalue weighted by Crippen LogP contribution is 2.41. The summed E-state index contributed by atoms with van der Waals surface area (Å²) in [6.07, 6.45) is 0. The largest absolute Gasteiger partial charge is 0.495 e. The Hall–Kier alpha value is -3.34. The number of aromatic nitrogens is 2. The summed E-state index contributed by atoms with van der Waals surface area (Å²) in [6.45, 7) is 5.33. The Kier molecular flexibility index (Phi) is 7.73. The molecule has 5 rings (SSSR count). The van der Waals surface area contributed by atoms with Crippen LogP contribution in [0, 0.1) is 5.82 Å². The molecule has 0 unspecified atom stereocenters. The third-order valence-electron chi connectivity index (χ3n) is 6.70. The summed E-state index contributed by atoms with van der Waals surface area (Å²) >= 11 is 12.7. The Morgan fingerprint density at radius 2 is 1.95 bits per heavy atom. The van der Waals surface area contributed by atoms with Gasteiger partial charge >= 0.3 is 0 Å². The number of nitrogens with one attached hydrogen (secondary N) is 2. The lowest BCUT2D eigenvalue weighted by Crippen LogP contribution is -2.40. The molecule has 1 fully saturated rings. The molecule has 0 spiro atoms. The van der Waals surface area contributed by atoms with Crippen LogP contribution in [0.5, 0.6) is 5.75 Å². The van der Waals surface area contributed by atoms with Crippen molar-refractivity contribution in [1.29, 1.82) is 0 Å². The van der Waals surface area contributed by atoms with E-state index in [1.165, 1.54) is 12.1 Å². The number of hydrogen-bond acceptors (Lipinski definition) is 8. The predicted octanol–water partition coefficient (Wildman–Crippen LogP) is 5.14. The predicted molar refractivity (Wildman–Crippen MR) is 146 cm³/mol. The highest BCUT2D eigenvalue weighted by atomic mass is 35.5. The molecule has 3 aromatic rings. The summed E-state index contributed by atoms with van der Waals surface area (Å²) in [5.74, 6) is 0.955. The van der Waals surface area contributed by atoms with Crippen molar-refractivity contribution in [3.05, 3.63) is 63.4 Å². The van der Waals surface area contributed by atoms with Gasteiger partial charge in [-0.05, 0) is 37.3 Å². The van der Waals surface area contributed by atoms with Crippen LogP contribution in [0.3, 0.4) is 0 Å². The Labute approximate surface area is 229 Å². The van der Waals surface area contributed by atoms with Crippen molar-refractivity contribution >= 4 is 52.1 Å². The maximum Gasteiger partial charge on any atom is 0.254 e. The Morgan fingerprint density at radius 1 is 1.16 bits per heavy atom. The molecule has 0 bridgehead atoms. The van der Waals surface area contributed by atoms with Crippen LogP contribution in [0.25, 0.3) is 0 Å². The van der Waals surface area contributed by atoms with E-state index < -0.39 is 5.82 Å². The van der Waals surface area contributed by atoms with Crippen molar-refractivity contribution in [2.24, 2.45) is 0 Å². The number of methoxy groups -OCH3 is 1. The number of fused-ring (bicyclic) bond motifs is 1. The van der Waals surface area contributed by atoms with Crippen LogP contribution in [-0.4, -0.2) is 67.5 Å². The van der Waals surface area contributed by atoms with Crippen molar-refractivity contribution in [2.45, 2.75) is 13.0 Å². The summed E-state index contributed by atoms with van der Waals surface area (Å²) in [4.78, 5) is 16.7. The number of hydrogen-bond donors (Lipinski definition) is 2. The molecule has 2 aliphatic heterocycles. The molecule has 38 heavy (non-hydrogen) atoms. The molecule has 9 nitrogen and oxygen atoms in total. The number of halogens is 3. The van der Waals surface area contributed by atoms with Crippen molar-refractivity contribution < 1.29 is 18.7 Å². The first-order valence-electron chi connectivity index (χ1n) is 12.2. The molecule has 2 aromatic carbocycles. The zero-order valence-corrected chi connectivity index (χ0v) is 22.4. The van der Waals surface area contributed by atoms with E-state index in [2.05, 4.69) is 25.7 Å². The van der Waals surface area contributed by atoms with Gasteiger partial charge in [0.05, 0.1) is 42.8 Å². The number of benzene rings is 2. The maximum absolute atomic E-state index is 14.2. The average Bonchev–Trinajstić information content (AvgIpc) is 2.95. The molecule has 1 aromatic heterocycles. The number of carbonyl (C=O) groups is 1. The number of amides is 1. The fraction of sp³-hybridized carbons (Fsp3) is 0.346. The van der Waals surface area contributed by atoms with Gasteiger partial charge < -0.3 is 29.9 Å².